The zero-order chi connectivity index (χ0) is 52.9. The number of allylic oxidation sites excluding steroid dienone is 5. The Morgan fingerprint density at radius 3 is 1.15 bits per heavy atom. The summed E-state index contributed by atoms with van der Waals surface area (Å²) in [4.78, 5) is 13.1. The average molecular weight is 1030 g/mol. The molecule has 73 heavy (non-hydrogen) atoms. The molecule has 1 fully saturated rings. The summed E-state index contributed by atoms with van der Waals surface area (Å²) >= 11 is 0. The summed E-state index contributed by atoms with van der Waals surface area (Å²) in [6.45, 7) is 3.80. The normalized spacial score (nSPS) is 19.2. The molecule has 9 nitrogen and oxygen atoms in total. The fraction of sp³-hybridized carbons (Fsp3) is 0.891. The van der Waals surface area contributed by atoms with E-state index in [9.17, 15) is 30.3 Å². The van der Waals surface area contributed by atoms with Crippen LogP contribution in [-0.4, -0.2) is 87.5 Å². The van der Waals surface area contributed by atoms with Gasteiger partial charge in [0.1, 0.15) is 24.4 Å². The highest BCUT2D eigenvalue weighted by molar-refractivity contribution is 5.76. The molecule has 0 spiro atoms. The van der Waals surface area contributed by atoms with Crippen molar-refractivity contribution in [3.8, 4) is 0 Å². The van der Waals surface area contributed by atoms with Crippen LogP contribution < -0.4 is 5.32 Å². The van der Waals surface area contributed by atoms with Gasteiger partial charge in [-0.15, -0.1) is 0 Å². The first-order chi connectivity index (χ1) is 35.8. The van der Waals surface area contributed by atoms with E-state index in [2.05, 4.69) is 43.5 Å². The Labute approximate surface area is 451 Å². The standard InChI is InChI=1S/C64H121NO8/c1-3-5-7-9-11-13-15-17-19-21-23-25-27-28-29-30-32-33-35-37-39-41-43-45-47-49-51-53-58(67)57(56-72-64-63(71)62(70)61(69)59(55-66)73-64)65-60(68)54-52-50-48-46-44-42-40-38-36-34-31-26-24-22-20-18-16-14-12-10-8-6-4-2/h35,37,43,45,51,53,57-59,61-64,66-67,69-71H,3-34,36,38-42,44,46-50,52,54-56H2,1-2H3,(H,65,68)/b37-35+,45-43+,53-51+. The van der Waals surface area contributed by atoms with Crippen LogP contribution >= 0.6 is 0 Å². The number of amides is 1. The maximum atomic E-state index is 13.1. The molecule has 0 aromatic carbocycles. The highest BCUT2D eigenvalue weighted by Crippen LogP contribution is 2.23. The maximum Gasteiger partial charge on any atom is 0.220 e. The van der Waals surface area contributed by atoms with Crippen molar-refractivity contribution in [3.63, 3.8) is 0 Å². The fourth-order valence-corrected chi connectivity index (χ4v) is 10.2. The number of ether oxygens (including phenoxy) is 2. The van der Waals surface area contributed by atoms with Crippen molar-refractivity contribution in [2.45, 2.75) is 352 Å². The van der Waals surface area contributed by atoms with Crippen LogP contribution in [0.4, 0.5) is 0 Å². The lowest BCUT2D eigenvalue weighted by molar-refractivity contribution is -0.302. The van der Waals surface area contributed by atoms with E-state index in [1.165, 1.54) is 244 Å². The molecule has 0 aromatic rings. The molecule has 6 N–H and O–H groups in total. The SMILES string of the molecule is CCCCCCCCCCCCCCCCCCC/C=C/CC/C=C/CC/C=C/C(O)C(COC1OC(CO)C(O)C(O)C1O)NC(=O)CCCCCCCCCCCCCCCCCCCCCCCCC. The van der Waals surface area contributed by atoms with Gasteiger partial charge >= 0.3 is 0 Å². The van der Waals surface area contributed by atoms with Crippen LogP contribution in [0.15, 0.2) is 36.5 Å². The Bertz CT molecular complexity index is 1240. The quantitative estimate of drug-likeness (QED) is 0.0261. The Kier molecular flexibility index (Phi) is 51.2. The Morgan fingerprint density at radius 2 is 0.781 bits per heavy atom. The Balaban J connectivity index is 2.21. The van der Waals surface area contributed by atoms with Crippen LogP contribution in [-0.2, 0) is 14.3 Å². The first-order valence-electron chi connectivity index (χ1n) is 31.7. The van der Waals surface area contributed by atoms with Gasteiger partial charge < -0.3 is 40.3 Å². The summed E-state index contributed by atoms with van der Waals surface area (Å²) < 4.78 is 11.3. The largest absolute Gasteiger partial charge is 0.394 e. The number of unbranched alkanes of at least 4 members (excludes halogenated alkanes) is 41. The average Bonchev–Trinajstić information content (AvgIpc) is 3.39. The molecule has 1 aliphatic rings. The van der Waals surface area contributed by atoms with Gasteiger partial charge in [-0.1, -0.05) is 294 Å². The van der Waals surface area contributed by atoms with Crippen molar-refractivity contribution >= 4 is 5.91 Å². The summed E-state index contributed by atoms with van der Waals surface area (Å²) in [5.74, 6) is -0.185. The molecule has 0 bridgehead atoms. The summed E-state index contributed by atoms with van der Waals surface area (Å²) in [5, 5.41) is 54.6. The Morgan fingerprint density at radius 1 is 0.452 bits per heavy atom. The molecular formula is C64H121NO8. The van der Waals surface area contributed by atoms with Crippen molar-refractivity contribution in [3.05, 3.63) is 36.5 Å². The second-order valence-electron chi connectivity index (χ2n) is 22.2. The summed E-state index contributed by atoms with van der Waals surface area (Å²) in [6, 6.07) is -0.827. The van der Waals surface area contributed by atoms with Crippen molar-refractivity contribution < 1.29 is 39.8 Å². The van der Waals surface area contributed by atoms with Gasteiger partial charge in [-0.3, -0.25) is 4.79 Å². The smallest absolute Gasteiger partial charge is 0.220 e. The second kappa shape index (κ2) is 53.8. The first kappa shape index (κ1) is 69.4. The molecule has 0 aliphatic carbocycles. The molecule has 7 atom stereocenters. The van der Waals surface area contributed by atoms with E-state index in [0.29, 0.717) is 6.42 Å². The van der Waals surface area contributed by atoms with Crippen molar-refractivity contribution in [1.29, 1.82) is 0 Å². The minimum Gasteiger partial charge on any atom is -0.394 e. The molecule has 1 rings (SSSR count). The third kappa shape index (κ3) is 43.1. The number of aliphatic hydroxyl groups is 5. The van der Waals surface area contributed by atoms with Crippen LogP contribution in [0.2, 0.25) is 0 Å². The molecular weight excluding hydrogens is 911 g/mol. The Hall–Kier alpha value is -1.59. The number of hydrogen-bond donors (Lipinski definition) is 6. The van der Waals surface area contributed by atoms with Gasteiger partial charge in [0.2, 0.25) is 5.91 Å². The van der Waals surface area contributed by atoms with Gasteiger partial charge in [0.05, 0.1) is 25.4 Å². The van der Waals surface area contributed by atoms with Crippen molar-refractivity contribution in [2.24, 2.45) is 0 Å². The summed E-state index contributed by atoms with van der Waals surface area (Å²) in [7, 11) is 0. The van der Waals surface area contributed by atoms with Gasteiger partial charge in [-0.2, -0.15) is 0 Å². The van der Waals surface area contributed by atoms with Gasteiger partial charge in [0.15, 0.2) is 6.29 Å². The molecule has 9 heteroatoms. The fourth-order valence-electron chi connectivity index (χ4n) is 10.2. The lowest BCUT2D eigenvalue weighted by Crippen LogP contribution is -2.60. The predicted octanol–water partition coefficient (Wildman–Crippen LogP) is 16.3. The van der Waals surface area contributed by atoms with Crippen LogP contribution in [0, 0.1) is 0 Å². The number of aliphatic hydroxyl groups excluding tert-OH is 5. The maximum absolute atomic E-state index is 13.1. The van der Waals surface area contributed by atoms with Gasteiger partial charge in [-0.05, 0) is 44.9 Å². The minimum absolute atomic E-state index is 0.185. The molecule has 1 aliphatic heterocycles. The van der Waals surface area contributed by atoms with Crippen LogP contribution in [0.5, 0.6) is 0 Å². The zero-order valence-corrected chi connectivity index (χ0v) is 47.9. The number of carbonyl (C=O) groups is 1. The minimum atomic E-state index is -1.57. The molecule has 430 valence electrons. The highest BCUT2D eigenvalue weighted by Gasteiger charge is 2.44. The second-order valence-corrected chi connectivity index (χ2v) is 22.2. The number of rotatable bonds is 55. The van der Waals surface area contributed by atoms with E-state index in [1.807, 2.05) is 6.08 Å². The van der Waals surface area contributed by atoms with E-state index in [0.717, 1.165) is 44.9 Å². The van der Waals surface area contributed by atoms with E-state index < -0.39 is 49.5 Å². The summed E-state index contributed by atoms with van der Waals surface area (Å²) in [6.07, 6.45) is 63.8. The third-order valence-corrected chi connectivity index (χ3v) is 15.2. The lowest BCUT2D eigenvalue weighted by Gasteiger charge is -2.40. The monoisotopic (exact) mass is 1030 g/mol. The number of nitrogens with one attached hydrogen (secondary N) is 1. The predicted molar refractivity (Wildman–Crippen MR) is 309 cm³/mol. The molecule has 7 unspecified atom stereocenters. The molecule has 0 radical (unpaired) electrons. The highest BCUT2D eigenvalue weighted by atomic mass is 16.7. The van der Waals surface area contributed by atoms with Crippen LogP contribution in [0.3, 0.4) is 0 Å². The molecule has 1 amide bonds. The zero-order valence-electron chi connectivity index (χ0n) is 47.9. The van der Waals surface area contributed by atoms with Gasteiger partial charge in [-0.25, -0.2) is 0 Å². The van der Waals surface area contributed by atoms with Crippen molar-refractivity contribution in [2.75, 3.05) is 13.2 Å². The van der Waals surface area contributed by atoms with E-state index in [1.54, 1.807) is 6.08 Å². The van der Waals surface area contributed by atoms with E-state index in [-0.39, 0.29) is 12.5 Å². The summed E-state index contributed by atoms with van der Waals surface area (Å²) in [5.41, 5.74) is 0. The number of hydrogen-bond acceptors (Lipinski definition) is 8. The van der Waals surface area contributed by atoms with Gasteiger partial charge in [0.25, 0.3) is 0 Å². The van der Waals surface area contributed by atoms with Crippen LogP contribution in [0.1, 0.15) is 309 Å². The van der Waals surface area contributed by atoms with E-state index in [4.69, 9.17) is 9.47 Å². The third-order valence-electron chi connectivity index (χ3n) is 15.2. The molecule has 1 heterocycles. The van der Waals surface area contributed by atoms with Crippen LogP contribution in [0.25, 0.3) is 0 Å². The first-order valence-corrected chi connectivity index (χ1v) is 31.7. The van der Waals surface area contributed by atoms with Gasteiger partial charge in [0, 0.05) is 6.42 Å². The molecule has 0 aromatic heterocycles. The van der Waals surface area contributed by atoms with Crippen molar-refractivity contribution in [1.82, 2.24) is 5.32 Å². The lowest BCUT2D eigenvalue weighted by atomic mass is 9.99. The topological polar surface area (TPSA) is 149 Å². The number of carbonyl (C=O) groups excluding carboxylic acids is 1. The molecule has 1 saturated heterocycles. The molecule has 0 saturated carbocycles. The van der Waals surface area contributed by atoms with E-state index >= 15 is 0 Å².